The van der Waals surface area contributed by atoms with Crippen molar-refractivity contribution in [2.45, 2.75) is 32.8 Å². The molecule has 3 heterocycles. The number of anilines is 1. The van der Waals surface area contributed by atoms with E-state index in [1.54, 1.807) is 41.2 Å². The molecule has 4 aromatic rings. The Morgan fingerprint density at radius 2 is 1.92 bits per heavy atom. The Bertz CT molecular complexity index is 1450. The Morgan fingerprint density at radius 3 is 2.53 bits per heavy atom. The van der Waals surface area contributed by atoms with Crippen molar-refractivity contribution >= 4 is 40.2 Å². The second-order valence-electron chi connectivity index (χ2n) is 8.92. The fourth-order valence-corrected chi connectivity index (χ4v) is 4.49. The van der Waals surface area contributed by atoms with Crippen LogP contribution in [-0.2, 0) is 0 Å². The summed E-state index contributed by atoms with van der Waals surface area (Å²) >= 11 is 12.8. The maximum Gasteiger partial charge on any atom is 0.158 e. The van der Waals surface area contributed by atoms with Gasteiger partial charge in [-0.3, -0.25) is 9.38 Å². The Hall–Kier alpha value is -3.36. The van der Waals surface area contributed by atoms with Crippen LogP contribution in [0, 0.1) is 5.82 Å². The number of nitrogens with zero attached hydrogens (tertiary/aromatic N) is 5. The minimum atomic E-state index is -0.594. The molecule has 0 saturated carbocycles. The SMILES string of the molecule is C=C(c1ccc(-c2c(F)c(Cl)cc(C(C)c3nc(Cl)c4c(N)nccn34)c2OC(C)C)cn1)N(C)C. The fraction of sp³-hybridized carbons (Fsp3) is 0.269. The summed E-state index contributed by atoms with van der Waals surface area (Å²) < 4.78 is 23.6. The van der Waals surface area contributed by atoms with Gasteiger partial charge in [-0.25, -0.2) is 14.4 Å². The molecule has 0 aliphatic heterocycles. The molecule has 10 heteroatoms. The van der Waals surface area contributed by atoms with Crippen LogP contribution in [0.2, 0.25) is 10.2 Å². The Morgan fingerprint density at radius 1 is 1.19 bits per heavy atom. The lowest BCUT2D eigenvalue weighted by Crippen LogP contribution is -2.13. The van der Waals surface area contributed by atoms with E-state index in [-0.39, 0.29) is 27.7 Å². The van der Waals surface area contributed by atoms with Crippen LogP contribution >= 0.6 is 23.2 Å². The first-order chi connectivity index (χ1) is 17.0. The maximum absolute atomic E-state index is 15.6. The zero-order chi connectivity index (χ0) is 26.3. The molecule has 1 unspecified atom stereocenters. The molecule has 4 rings (SSSR count). The summed E-state index contributed by atoms with van der Waals surface area (Å²) in [6.07, 6.45) is 4.65. The summed E-state index contributed by atoms with van der Waals surface area (Å²) in [6.45, 7) is 9.70. The van der Waals surface area contributed by atoms with Crippen molar-refractivity contribution in [3.63, 3.8) is 0 Å². The number of hydrogen-bond acceptors (Lipinski definition) is 6. The third kappa shape index (κ3) is 4.58. The highest BCUT2D eigenvalue weighted by molar-refractivity contribution is 6.33. The minimum Gasteiger partial charge on any atom is -0.490 e. The summed E-state index contributed by atoms with van der Waals surface area (Å²) in [5, 5.41) is 0.181. The van der Waals surface area contributed by atoms with Crippen LogP contribution in [0.5, 0.6) is 5.75 Å². The van der Waals surface area contributed by atoms with Gasteiger partial charge >= 0.3 is 0 Å². The first-order valence-electron chi connectivity index (χ1n) is 11.3. The van der Waals surface area contributed by atoms with Crippen molar-refractivity contribution in [2.75, 3.05) is 19.8 Å². The van der Waals surface area contributed by atoms with Crippen molar-refractivity contribution in [2.24, 2.45) is 0 Å². The number of pyridine rings is 1. The maximum atomic E-state index is 15.6. The monoisotopic (exact) mass is 528 g/mol. The third-order valence-corrected chi connectivity index (χ3v) is 6.40. The molecule has 7 nitrogen and oxygen atoms in total. The van der Waals surface area contributed by atoms with Crippen LogP contribution in [0.3, 0.4) is 0 Å². The lowest BCUT2D eigenvalue weighted by molar-refractivity contribution is 0.239. The molecule has 0 radical (unpaired) electrons. The van der Waals surface area contributed by atoms with Gasteiger partial charge < -0.3 is 15.4 Å². The number of nitrogen functional groups attached to an aromatic ring is 1. The van der Waals surface area contributed by atoms with Crippen LogP contribution in [0.15, 0.2) is 43.4 Å². The van der Waals surface area contributed by atoms with Crippen LogP contribution in [-0.4, -0.2) is 44.5 Å². The van der Waals surface area contributed by atoms with E-state index in [0.717, 1.165) is 5.70 Å². The molecule has 2 N–H and O–H groups in total. The molecule has 0 aliphatic rings. The molecule has 0 bridgehead atoms. The highest BCUT2D eigenvalue weighted by atomic mass is 35.5. The molecule has 1 atom stereocenters. The summed E-state index contributed by atoms with van der Waals surface area (Å²) in [7, 11) is 3.76. The van der Waals surface area contributed by atoms with Gasteiger partial charge in [0.2, 0.25) is 0 Å². The van der Waals surface area contributed by atoms with E-state index < -0.39 is 11.7 Å². The van der Waals surface area contributed by atoms with Gasteiger partial charge in [-0.05, 0) is 26.0 Å². The zero-order valence-corrected chi connectivity index (χ0v) is 22.2. The molecule has 36 heavy (non-hydrogen) atoms. The molecule has 3 aromatic heterocycles. The van der Waals surface area contributed by atoms with E-state index in [0.29, 0.717) is 33.9 Å². The second kappa shape index (κ2) is 9.95. The van der Waals surface area contributed by atoms with Crippen molar-refractivity contribution in [1.82, 2.24) is 24.3 Å². The average molecular weight is 529 g/mol. The second-order valence-corrected chi connectivity index (χ2v) is 9.68. The molecular formula is C26H27Cl2FN6O. The number of aromatic nitrogens is 4. The lowest BCUT2D eigenvalue weighted by Gasteiger charge is -2.23. The van der Waals surface area contributed by atoms with E-state index in [9.17, 15) is 0 Å². The number of fused-ring (bicyclic) bond motifs is 1. The molecule has 0 amide bonds. The summed E-state index contributed by atoms with van der Waals surface area (Å²) in [5.41, 5.74) is 9.33. The normalized spacial score (nSPS) is 12.2. The predicted octanol–water partition coefficient (Wildman–Crippen LogP) is 6.29. The van der Waals surface area contributed by atoms with E-state index >= 15 is 4.39 Å². The van der Waals surface area contributed by atoms with Gasteiger partial charge in [0.1, 0.15) is 17.1 Å². The molecule has 0 saturated heterocycles. The molecule has 0 aliphatic carbocycles. The number of benzene rings is 1. The van der Waals surface area contributed by atoms with Crippen LogP contribution in [0.25, 0.3) is 22.3 Å². The van der Waals surface area contributed by atoms with Crippen LogP contribution in [0.1, 0.15) is 43.8 Å². The molecule has 0 fully saturated rings. The van der Waals surface area contributed by atoms with Crippen LogP contribution in [0.4, 0.5) is 10.2 Å². The summed E-state index contributed by atoms with van der Waals surface area (Å²) in [6, 6.07) is 5.14. The number of hydrogen-bond donors (Lipinski definition) is 1. The van der Waals surface area contributed by atoms with Crippen molar-refractivity contribution in [1.29, 1.82) is 0 Å². The highest BCUT2D eigenvalue weighted by Crippen LogP contribution is 2.44. The molecule has 188 valence electrons. The fourth-order valence-electron chi connectivity index (χ4n) is 4.00. The average Bonchev–Trinajstić information content (AvgIpc) is 3.18. The minimum absolute atomic E-state index is 0.0436. The smallest absolute Gasteiger partial charge is 0.158 e. The number of ether oxygens (including phenoxy) is 1. The Kier molecular flexibility index (Phi) is 7.11. The summed E-state index contributed by atoms with van der Waals surface area (Å²) in [5.74, 6) is 0.217. The first-order valence-corrected chi connectivity index (χ1v) is 12.1. The predicted molar refractivity (Wildman–Crippen MR) is 143 cm³/mol. The number of imidazole rings is 1. The van der Waals surface area contributed by atoms with Gasteiger partial charge in [0.25, 0.3) is 0 Å². The van der Waals surface area contributed by atoms with Gasteiger partial charge in [-0.15, -0.1) is 0 Å². The topological polar surface area (TPSA) is 81.6 Å². The third-order valence-electron chi connectivity index (χ3n) is 5.86. The van der Waals surface area contributed by atoms with Gasteiger partial charge in [-0.2, -0.15) is 0 Å². The number of nitrogens with two attached hydrogens (primary N) is 1. The van der Waals surface area contributed by atoms with Crippen molar-refractivity contribution in [3.8, 4) is 16.9 Å². The molecule has 0 spiro atoms. The zero-order valence-electron chi connectivity index (χ0n) is 20.7. The summed E-state index contributed by atoms with van der Waals surface area (Å²) in [4.78, 5) is 15.0. The number of halogens is 3. The van der Waals surface area contributed by atoms with E-state index in [1.165, 1.54) is 0 Å². The number of rotatable bonds is 7. The first kappa shape index (κ1) is 25.7. The standard InChI is InChI=1S/C26H27Cl2FN6O/c1-13(2)36-23-17(14(3)26-33-24(28)22-25(30)31-9-10-35(22)26)11-18(27)21(29)20(23)16-7-8-19(32-12-16)15(4)34(5)6/h7-14H,4H2,1-3,5-6H3,(H2,30,31). The van der Waals surface area contributed by atoms with Gasteiger partial charge in [-0.1, -0.05) is 42.8 Å². The van der Waals surface area contributed by atoms with Crippen LogP contribution < -0.4 is 10.5 Å². The Labute approximate surface area is 219 Å². The lowest BCUT2D eigenvalue weighted by atomic mass is 9.93. The van der Waals surface area contributed by atoms with E-state index in [4.69, 9.17) is 33.7 Å². The quantitative estimate of drug-likeness (QED) is 0.303. The van der Waals surface area contributed by atoms with Gasteiger partial charge in [0.05, 0.1) is 28.1 Å². The van der Waals surface area contributed by atoms with Crippen molar-refractivity contribution < 1.29 is 9.13 Å². The Balaban J connectivity index is 1.93. The van der Waals surface area contributed by atoms with E-state index in [2.05, 4.69) is 21.5 Å². The van der Waals surface area contributed by atoms with Gasteiger partial charge in [0, 0.05) is 49.7 Å². The van der Waals surface area contributed by atoms with E-state index in [1.807, 2.05) is 39.8 Å². The molecule has 1 aromatic carbocycles. The largest absolute Gasteiger partial charge is 0.490 e. The molecular weight excluding hydrogens is 502 g/mol. The van der Waals surface area contributed by atoms with Crippen molar-refractivity contribution in [3.05, 3.63) is 76.4 Å². The highest BCUT2D eigenvalue weighted by Gasteiger charge is 2.28. The van der Waals surface area contributed by atoms with Gasteiger partial charge in [0.15, 0.2) is 16.8 Å².